The molecule has 1 N–H and O–H groups in total. The van der Waals surface area contributed by atoms with Gasteiger partial charge in [-0.05, 0) is 41.0 Å². The summed E-state index contributed by atoms with van der Waals surface area (Å²) in [6.07, 6.45) is 0.587. The lowest BCUT2D eigenvalue weighted by Crippen LogP contribution is -2.01. The average molecular weight is 301 g/mol. The van der Waals surface area contributed by atoms with Crippen LogP contribution in [0, 0.1) is 11.3 Å². The van der Waals surface area contributed by atoms with Gasteiger partial charge in [-0.25, -0.2) is 0 Å². The third kappa shape index (κ3) is 2.49. The van der Waals surface area contributed by atoms with E-state index < -0.39 is 10.1 Å². The third-order valence-electron chi connectivity index (χ3n) is 3.35. The maximum atomic E-state index is 11.5. The number of nitrogens with zero attached hydrogens (tertiary/aromatic N) is 1. The molecule has 0 radical (unpaired) electrons. The van der Waals surface area contributed by atoms with Crippen molar-refractivity contribution in [1.82, 2.24) is 0 Å². The largest absolute Gasteiger partial charge is 0.491 e. The number of fused-ring (bicyclic) bond motifs is 1. The molecule has 0 bridgehead atoms. The van der Waals surface area contributed by atoms with Crippen LogP contribution in [-0.4, -0.2) is 19.6 Å². The van der Waals surface area contributed by atoms with Crippen molar-refractivity contribution in [2.24, 2.45) is 0 Å². The monoisotopic (exact) mass is 301 g/mol. The first-order valence-electron chi connectivity index (χ1n) is 6.27. The first kappa shape index (κ1) is 13.6. The van der Waals surface area contributed by atoms with E-state index in [1.807, 2.05) is 12.1 Å². The Hall–Kier alpha value is -2.36. The zero-order valence-corrected chi connectivity index (χ0v) is 11.7. The van der Waals surface area contributed by atoms with Gasteiger partial charge in [-0.2, -0.15) is 13.7 Å². The molecular weight excluding hydrogens is 290 g/mol. The van der Waals surface area contributed by atoms with Crippen molar-refractivity contribution in [2.75, 3.05) is 6.61 Å². The molecule has 2 aromatic rings. The Balaban J connectivity index is 2.23. The molecule has 3 rings (SSSR count). The van der Waals surface area contributed by atoms with Gasteiger partial charge in [-0.1, -0.05) is 12.1 Å². The van der Waals surface area contributed by atoms with Crippen LogP contribution in [0.3, 0.4) is 0 Å². The van der Waals surface area contributed by atoms with Crippen molar-refractivity contribution in [3.63, 3.8) is 0 Å². The molecule has 0 fully saturated rings. The number of hydrogen-bond acceptors (Lipinski definition) is 4. The van der Waals surface area contributed by atoms with E-state index in [-0.39, 0.29) is 10.6 Å². The molecular formula is C15H11NO4S. The smallest absolute Gasteiger partial charge is 0.298 e. The Morgan fingerprint density at radius 1 is 1.19 bits per heavy atom. The molecule has 1 heterocycles. The fraction of sp³-hybridized carbons (Fsp3) is 0.133. The molecule has 0 saturated carbocycles. The zero-order chi connectivity index (χ0) is 15.0. The van der Waals surface area contributed by atoms with E-state index in [9.17, 15) is 13.0 Å². The second-order valence-corrected chi connectivity index (χ2v) is 6.12. The lowest BCUT2D eigenvalue weighted by atomic mass is 10.0. The predicted octanol–water partition coefficient (Wildman–Crippen LogP) is 2.41. The summed E-state index contributed by atoms with van der Waals surface area (Å²) in [6.45, 7) is 0.388. The minimum Gasteiger partial charge on any atom is -0.491 e. The highest BCUT2D eigenvalue weighted by atomic mass is 32.2. The maximum Gasteiger partial charge on any atom is 0.298 e. The highest BCUT2D eigenvalue weighted by Gasteiger charge is 2.25. The van der Waals surface area contributed by atoms with Crippen LogP contribution in [0.2, 0.25) is 0 Å². The van der Waals surface area contributed by atoms with Crippen molar-refractivity contribution in [1.29, 1.82) is 5.26 Å². The molecule has 0 aliphatic carbocycles. The lowest BCUT2D eigenvalue weighted by Gasteiger charge is -2.09. The number of rotatable bonds is 2. The van der Waals surface area contributed by atoms with Gasteiger partial charge in [0.05, 0.1) is 18.2 Å². The van der Waals surface area contributed by atoms with Gasteiger partial charge in [0.25, 0.3) is 10.1 Å². The highest BCUT2D eigenvalue weighted by molar-refractivity contribution is 7.86. The highest BCUT2D eigenvalue weighted by Crippen LogP contribution is 2.37. The SMILES string of the molecule is N#Cc1cccc(-c2cc3c(c(S(=O)(=O)O)c2)OCC3)c1. The molecule has 2 aromatic carbocycles. The molecule has 5 nitrogen and oxygen atoms in total. The average Bonchev–Trinajstić information content (AvgIpc) is 2.93. The van der Waals surface area contributed by atoms with E-state index in [0.29, 0.717) is 29.7 Å². The number of hydrogen-bond donors (Lipinski definition) is 1. The lowest BCUT2D eigenvalue weighted by molar-refractivity contribution is 0.346. The van der Waals surface area contributed by atoms with E-state index in [0.717, 1.165) is 5.56 Å². The van der Waals surface area contributed by atoms with Gasteiger partial charge >= 0.3 is 0 Å². The molecule has 0 aromatic heterocycles. The fourth-order valence-electron chi connectivity index (χ4n) is 2.40. The van der Waals surface area contributed by atoms with Crippen LogP contribution in [0.1, 0.15) is 11.1 Å². The topological polar surface area (TPSA) is 87.4 Å². The van der Waals surface area contributed by atoms with Crippen LogP contribution in [-0.2, 0) is 16.5 Å². The van der Waals surface area contributed by atoms with Gasteiger partial charge in [0.2, 0.25) is 0 Å². The van der Waals surface area contributed by atoms with Crippen LogP contribution in [0.15, 0.2) is 41.3 Å². The van der Waals surface area contributed by atoms with Gasteiger partial charge < -0.3 is 4.74 Å². The van der Waals surface area contributed by atoms with E-state index in [4.69, 9.17) is 10.00 Å². The molecule has 0 spiro atoms. The van der Waals surface area contributed by atoms with Crippen molar-refractivity contribution >= 4 is 10.1 Å². The first-order valence-corrected chi connectivity index (χ1v) is 7.71. The van der Waals surface area contributed by atoms with Crippen LogP contribution < -0.4 is 4.74 Å². The number of nitriles is 1. The molecule has 0 amide bonds. The van der Waals surface area contributed by atoms with Crippen LogP contribution in [0.4, 0.5) is 0 Å². The minimum atomic E-state index is -4.36. The molecule has 0 saturated heterocycles. The summed E-state index contributed by atoms with van der Waals surface area (Å²) in [5.74, 6) is 0.220. The second-order valence-electron chi connectivity index (χ2n) is 4.73. The Morgan fingerprint density at radius 3 is 2.71 bits per heavy atom. The van der Waals surface area contributed by atoms with Crippen LogP contribution in [0.5, 0.6) is 5.75 Å². The van der Waals surface area contributed by atoms with Gasteiger partial charge in [0.15, 0.2) is 0 Å². The molecule has 106 valence electrons. The summed E-state index contributed by atoms with van der Waals surface area (Å²) in [6, 6.07) is 12.1. The van der Waals surface area contributed by atoms with Crippen molar-refractivity contribution in [2.45, 2.75) is 11.3 Å². The van der Waals surface area contributed by atoms with Crippen LogP contribution in [0.25, 0.3) is 11.1 Å². The zero-order valence-electron chi connectivity index (χ0n) is 10.9. The summed E-state index contributed by atoms with van der Waals surface area (Å²) in [4.78, 5) is -0.227. The Bertz CT molecular complexity index is 866. The van der Waals surface area contributed by atoms with Crippen LogP contribution >= 0.6 is 0 Å². The van der Waals surface area contributed by atoms with Crippen molar-refractivity contribution in [3.05, 3.63) is 47.5 Å². The van der Waals surface area contributed by atoms with E-state index in [2.05, 4.69) is 0 Å². The van der Waals surface area contributed by atoms with Gasteiger partial charge in [-0.15, -0.1) is 0 Å². The predicted molar refractivity (Wildman–Crippen MR) is 75.6 cm³/mol. The third-order valence-corrected chi connectivity index (χ3v) is 4.21. The Morgan fingerprint density at radius 2 is 2.00 bits per heavy atom. The van der Waals surface area contributed by atoms with Gasteiger partial charge in [0, 0.05) is 6.42 Å². The summed E-state index contributed by atoms with van der Waals surface area (Å²) in [5.41, 5.74) is 2.57. The number of benzene rings is 2. The van der Waals surface area contributed by atoms with E-state index in [1.165, 1.54) is 6.07 Å². The molecule has 0 atom stereocenters. The minimum absolute atomic E-state index is 0.220. The first-order chi connectivity index (χ1) is 9.99. The maximum absolute atomic E-state index is 11.5. The second kappa shape index (κ2) is 4.88. The summed E-state index contributed by atoms with van der Waals surface area (Å²) >= 11 is 0. The molecule has 6 heteroatoms. The van der Waals surface area contributed by atoms with Crippen molar-refractivity contribution < 1.29 is 17.7 Å². The normalized spacial score (nSPS) is 13.3. The fourth-order valence-corrected chi connectivity index (χ4v) is 3.10. The van der Waals surface area contributed by atoms with Crippen molar-refractivity contribution in [3.8, 4) is 22.9 Å². The molecule has 0 unspecified atom stereocenters. The number of ether oxygens (including phenoxy) is 1. The Kier molecular flexibility index (Phi) is 3.16. The summed E-state index contributed by atoms with van der Waals surface area (Å²) in [5, 5.41) is 8.94. The summed E-state index contributed by atoms with van der Waals surface area (Å²) < 4.78 is 37.7. The summed E-state index contributed by atoms with van der Waals surface area (Å²) in [7, 11) is -4.36. The molecule has 1 aliphatic rings. The molecule has 21 heavy (non-hydrogen) atoms. The van der Waals surface area contributed by atoms with E-state index >= 15 is 0 Å². The van der Waals surface area contributed by atoms with E-state index in [1.54, 1.807) is 24.3 Å². The molecule has 1 aliphatic heterocycles. The van der Waals surface area contributed by atoms with Gasteiger partial charge in [0.1, 0.15) is 10.6 Å². The quantitative estimate of drug-likeness (QED) is 0.861. The van der Waals surface area contributed by atoms with Gasteiger partial charge in [-0.3, -0.25) is 4.55 Å². The standard InChI is InChI=1S/C15H11NO4S/c16-9-10-2-1-3-11(6-10)13-7-12-4-5-20-15(12)14(8-13)21(17,18)19/h1-3,6-8H,4-5H2,(H,17,18,19). The Labute approximate surface area is 122 Å².